The molecule has 4 rings (SSSR count). The number of piperazine rings is 1. The van der Waals surface area contributed by atoms with Crippen molar-refractivity contribution >= 4 is 5.69 Å². The van der Waals surface area contributed by atoms with Crippen molar-refractivity contribution in [2.45, 2.75) is 32.0 Å². The zero-order valence-electron chi connectivity index (χ0n) is 18.1. The van der Waals surface area contributed by atoms with Crippen LogP contribution in [0.5, 0.6) is 17.5 Å². The van der Waals surface area contributed by atoms with Crippen LogP contribution in [0.2, 0.25) is 0 Å². The van der Waals surface area contributed by atoms with Gasteiger partial charge in [0.1, 0.15) is 11.6 Å². The van der Waals surface area contributed by atoms with E-state index >= 15 is 0 Å². The molecular formula is C23H27F4N3O3. The topological polar surface area (TPSA) is 61.1 Å². The number of halogens is 4. The highest BCUT2D eigenvalue weighted by Crippen LogP contribution is 2.37. The molecule has 0 saturated carbocycles. The van der Waals surface area contributed by atoms with Crippen LogP contribution in [-0.4, -0.2) is 65.2 Å². The highest BCUT2D eigenvalue weighted by molar-refractivity contribution is 5.59. The zero-order chi connectivity index (χ0) is 23.6. The molecule has 1 fully saturated rings. The van der Waals surface area contributed by atoms with Crippen molar-refractivity contribution in [1.82, 2.24) is 9.47 Å². The second kappa shape index (κ2) is 9.54. The predicted octanol–water partition coefficient (Wildman–Crippen LogP) is 3.85. The third-order valence-corrected chi connectivity index (χ3v) is 6.11. The lowest BCUT2D eigenvalue weighted by Crippen LogP contribution is -2.46. The fraction of sp³-hybridized carbons (Fsp3) is 0.478. The van der Waals surface area contributed by atoms with Gasteiger partial charge in [-0.1, -0.05) is 12.2 Å². The standard InChI is InChI=1S/C23H27F4N3O3/c24-16-6-7-19(20(14-16)33-15-23(25,26)27)29-12-10-28(11-13-29)8-3-9-30-21(31)17-4-1-2-5-18(17)22(30)32/h1-2,6-7,14,31-32H,3-5,8-13,15H2. The first-order chi connectivity index (χ1) is 15.7. The van der Waals surface area contributed by atoms with Crippen molar-refractivity contribution in [1.29, 1.82) is 0 Å². The monoisotopic (exact) mass is 469 g/mol. The first-order valence-corrected chi connectivity index (χ1v) is 11.0. The van der Waals surface area contributed by atoms with E-state index in [2.05, 4.69) is 4.90 Å². The van der Waals surface area contributed by atoms with Crippen LogP contribution in [0.25, 0.3) is 0 Å². The van der Waals surface area contributed by atoms with Crippen molar-refractivity contribution in [3.05, 3.63) is 47.3 Å². The Morgan fingerprint density at radius 3 is 2.15 bits per heavy atom. The molecule has 1 aliphatic carbocycles. The Bertz CT molecular complexity index is 980. The van der Waals surface area contributed by atoms with E-state index < -0.39 is 18.6 Å². The molecule has 1 aliphatic heterocycles. The van der Waals surface area contributed by atoms with E-state index in [0.717, 1.165) is 30.2 Å². The third-order valence-electron chi connectivity index (χ3n) is 6.11. The van der Waals surface area contributed by atoms with Gasteiger partial charge in [0.05, 0.1) is 5.69 Å². The maximum absolute atomic E-state index is 13.6. The molecule has 1 saturated heterocycles. The molecule has 0 bridgehead atoms. The van der Waals surface area contributed by atoms with E-state index in [9.17, 15) is 27.8 Å². The first kappa shape index (κ1) is 23.3. The van der Waals surface area contributed by atoms with Crippen LogP contribution >= 0.6 is 0 Å². The summed E-state index contributed by atoms with van der Waals surface area (Å²) in [5, 5.41) is 20.9. The molecule has 180 valence electrons. The molecule has 2 N–H and O–H groups in total. The Kier molecular flexibility index (Phi) is 6.73. The zero-order valence-corrected chi connectivity index (χ0v) is 18.1. The van der Waals surface area contributed by atoms with Crippen molar-refractivity contribution in [2.75, 3.05) is 44.2 Å². The van der Waals surface area contributed by atoms with Gasteiger partial charge >= 0.3 is 6.18 Å². The Morgan fingerprint density at radius 2 is 1.55 bits per heavy atom. The van der Waals surface area contributed by atoms with Gasteiger partial charge < -0.3 is 19.8 Å². The van der Waals surface area contributed by atoms with Crippen LogP contribution in [0.3, 0.4) is 0 Å². The van der Waals surface area contributed by atoms with E-state index in [-0.39, 0.29) is 17.5 Å². The molecule has 0 unspecified atom stereocenters. The summed E-state index contributed by atoms with van der Waals surface area (Å²) < 4.78 is 57.6. The minimum Gasteiger partial charge on any atom is -0.494 e. The van der Waals surface area contributed by atoms with Crippen LogP contribution in [0.4, 0.5) is 23.2 Å². The first-order valence-electron chi connectivity index (χ1n) is 11.0. The van der Waals surface area contributed by atoms with Crippen LogP contribution in [-0.2, 0) is 19.4 Å². The fourth-order valence-corrected chi connectivity index (χ4v) is 4.43. The van der Waals surface area contributed by atoms with Crippen LogP contribution in [0.15, 0.2) is 30.4 Å². The number of hydrogen-bond acceptors (Lipinski definition) is 5. The molecule has 2 aromatic rings. The molecule has 1 aromatic heterocycles. The maximum atomic E-state index is 13.6. The molecule has 0 spiro atoms. The van der Waals surface area contributed by atoms with Crippen LogP contribution in [0.1, 0.15) is 17.5 Å². The largest absolute Gasteiger partial charge is 0.494 e. The number of rotatable bonds is 7. The number of aromatic hydroxyl groups is 2. The number of ether oxygens (including phenoxy) is 1. The average molecular weight is 469 g/mol. The summed E-state index contributed by atoms with van der Waals surface area (Å²) in [4.78, 5) is 4.11. The number of hydrogen-bond donors (Lipinski definition) is 2. The van der Waals surface area contributed by atoms with Crippen molar-refractivity contribution in [3.8, 4) is 17.5 Å². The molecule has 10 heteroatoms. The van der Waals surface area contributed by atoms with Crippen LogP contribution in [0, 0.1) is 5.82 Å². The quantitative estimate of drug-likeness (QED) is 0.477. The second-order valence-corrected chi connectivity index (χ2v) is 8.33. The molecule has 0 radical (unpaired) electrons. The molecule has 2 heterocycles. The number of nitrogens with zero attached hydrogens (tertiary/aromatic N) is 3. The summed E-state index contributed by atoms with van der Waals surface area (Å²) in [6, 6.07) is 3.65. The Balaban J connectivity index is 1.30. The summed E-state index contributed by atoms with van der Waals surface area (Å²) in [7, 11) is 0. The lowest BCUT2D eigenvalue weighted by atomic mass is 10.0. The van der Waals surface area contributed by atoms with Crippen molar-refractivity contribution in [3.63, 3.8) is 0 Å². The predicted molar refractivity (Wildman–Crippen MR) is 116 cm³/mol. The molecule has 6 nitrogen and oxygen atoms in total. The summed E-state index contributed by atoms with van der Waals surface area (Å²) in [6.45, 7) is 2.25. The van der Waals surface area contributed by atoms with E-state index in [1.54, 1.807) is 4.57 Å². The van der Waals surface area contributed by atoms with Gasteiger partial charge in [0.2, 0.25) is 0 Å². The molecule has 2 aliphatic rings. The van der Waals surface area contributed by atoms with E-state index in [4.69, 9.17) is 4.74 Å². The SMILES string of the molecule is Oc1c2c(c(O)n1CCCN1CCN(c3ccc(F)cc3OCC(F)(F)F)CC1)CC=CC2. The number of aromatic nitrogens is 1. The summed E-state index contributed by atoms with van der Waals surface area (Å²) in [6.07, 6.45) is 1.40. The number of allylic oxidation sites excluding steroid dienone is 2. The average Bonchev–Trinajstić information content (AvgIpc) is 3.03. The third kappa shape index (κ3) is 5.38. The maximum Gasteiger partial charge on any atom is 0.422 e. The Morgan fingerprint density at radius 1 is 0.909 bits per heavy atom. The number of fused-ring (bicyclic) bond motifs is 1. The van der Waals surface area contributed by atoms with Gasteiger partial charge in [-0.15, -0.1) is 0 Å². The van der Waals surface area contributed by atoms with Crippen molar-refractivity contribution in [2.24, 2.45) is 0 Å². The molecular weight excluding hydrogens is 442 g/mol. The number of alkyl halides is 3. The highest BCUT2D eigenvalue weighted by atomic mass is 19.4. The van der Waals surface area contributed by atoms with E-state index in [0.29, 0.717) is 51.3 Å². The van der Waals surface area contributed by atoms with Gasteiger partial charge in [-0.25, -0.2) is 4.39 Å². The Labute approximate surface area is 189 Å². The molecule has 33 heavy (non-hydrogen) atoms. The van der Waals surface area contributed by atoms with E-state index in [1.165, 1.54) is 12.1 Å². The number of benzene rings is 1. The van der Waals surface area contributed by atoms with Gasteiger partial charge in [0.15, 0.2) is 18.4 Å². The normalized spacial score (nSPS) is 16.8. The van der Waals surface area contributed by atoms with Crippen LogP contribution < -0.4 is 9.64 Å². The minimum absolute atomic E-state index is 0.113. The fourth-order valence-electron chi connectivity index (χ4n) is 4.43. The van der Waals surface area contributed by atoms with E-state index in [1.807, 2.05) is 17.1 Å². The summed E-state index contributed by atoms with van der Waals surface area (Å²) in [5.41, 5.74) is 2.01. The molecule has 0 amide bonds. The van der Waals surface area contributed by atoms with Gasteiger partial charge in [0, 0.05) is 49.9 Å². The van der Waals surface area contributed by atoms with Crippen molar-refractivity contribution < 1.29 is 32.5 Å². The minimum atomic E-state index is -4.50. The highest BCUT2D eigenvalue weighted by Gasteiger charge is 2.30. The summed E-state index contributed by atoms with van der Waals surface area (Å²) >= 11 is 0. The number of anilines is 1. The Hall–Kier alpha value is -2.88. The van der Waals surface area contributed by atoms with Gasteiger partial charge in [0.25, 0.3) is 0 Å². The van der Waals surface area contributed by atoms with Gasteiger partial charge in [-0.2, -0.15) is 13.2 Å². The molecule has 1 aromatic carbocycles. The lowest BCUT2D eigenvalue weighted by Gasteiger charge is -2.36. The second-order valence-electron chi connectivity index (χ2n) is 8.33. The molecule has 0 atom stereocenters. The lowest BCUT2D eigenvalue weighted by molar-refractivity contribution is -0.153. The summed E-state index contributed by atoms with van der Waals surface area (Å²) in [5.74, 6) is -0.514. The smallest absolute Gasteiger partial charge is 0.422 e. The van der Waals surface area contributed by atoms with Gasteiger partial charge in [-0.3, -0.25) is 9.47 Å². The van der Waals surface area contributed by atoms with Gasteiger partial charge in [-0.05, 0) is 37.9 Å².